The van der Waals surface area contributed by atoms with Crippen molar-refractivity contribution in [2.75, 3.05) is 32.8 Å². The van der Waals surface area contributed by atoms with Crippen molar-refractivity contribution in [3.05, 3.63) is 65.7 Å². The van der Waals surface area contributed by atoms with Gasteiger partial charge in [-0.2, -0.15) is 0 Å². The Hall–Kier alpha value is -2.33. The summed E-state index contributed by atoms with van der Waals surface area (Å²) in [5, 5.41) is 0. The van der Waals surface area contributed by atoms with Crippen LogP contribution in [0.2, 0.25) is 0 Å². The minimum atomic E-state index is 0.121. The van der Waals surface area contributed by atoms with Gasteiger partial charge in [0.2, 0.25) is 0 Å². The molecule has 28 heavy (non-hydrogen) atoms. The molecule has 4 nitrogen and oxygen atoms in total. The minimum Gasteiger partial charge on any atom is -0.483 e. The fourth-order valence-corrected chi connectivity index (χ4v) is 4.45. The number of benzene rings is 2. The molecule has 2 heterocycles. The lowest BCUT2D eigenvalue weighted by atomic mass is 10.0. The molecule has 2 aromatic rings. The highest BCUT2D eigenvalue weighted by Gasteiger charge is 2.31. The molecular weight excluding hydrogens is 348 g/mol. The second kappa shape index (κ2) is 9.24. The molecule has 2 aliphatic heterocycles. The van der Waals surface area contributed by atoms with Gasteiger partial charge in [-0.1, -0.05) is 48.5 Å². The molecular formula is C24H30N2O2. The van der Waals surface area contributed by atoms with Crippen LogP contribution in [0.1, 0.15) is 36.8 Å². The average Bonchev–Trinajstić information content (AvgIpc) is 3.40. The zero-order chi connectivity index (χ0) is 19.2. The third-order valence-corrected chi connectivity index (χ3v) is 5.93. The SMILES string of the molecule is O=C(COc1ccccc1Cc1ccccc1)N1CCCC1CN1CCCC1. The van der Waals surface area contributed by atoms with Crippen LogP contribution < -0.4 is 4.74 Å². The smallest absolute Gasteiger partial charge is 0.260 e. The first-order valence-electron chi connectivity index (χ1n) is 10.6. The lowest BCUT2D eigenvalue weighted by Gasteiger charge is -2.28. The number of hydrogen-bond acceptors (Lipinski definition) is 3. The van der Waals surface area contributed by atoms with E-state index in [0.29, 0.717) is 6.04 Å². The Morgan fingerprint density at radius 3 is 2.50 bits per heavy atom. The Morgan fingerprint density at radius 2 is 1.68 bits per heavy atom. The van der Waals surface area contributed by atoms with Crippen LogP contribution in [0, 0.1) is 0 Å². The molecule has 4 heteroatoms. The summed E-state index contributed by atoms with van der Waals surface area (Å²) in [7, 11) is 0. The van der Waals surface area contributed by atoms with Crippen molar-refractivity contribution in [3.63, 3.8) is 0 Å². The van der Waals surface area contributed by atoms with E-state index in [1.165, 1.54) is 31.5 Å². The quantitative estimate of drug-likeness (QED) is 0.736. The summed E-state index contributed by atoms with van der Waals surface area (Å²) < 4.78 is 6.00. The number of ether oxygens (including phenoxy) is 1. The summed E-state index contributed by atoms with van der Waals surface area (Å²) in [4.78, 5) is 17.4. The Morgan fingerprint density at radius 1 is 0.929 bits per heavy atom. The van der Waals surface area contributed by atoms with Gasteiger partial charge in [-0.3, -0.25) is 4.79 Å². The summed E-state index contributed by atoms with van der Waals surface area (Å²) in [6, 6.07) is 18.8. The van der Waals surface area contributed by atoms with Crippen molar-refractivity contribution in [1.82, 2.24) is 9.80 Å². The van der Waals surface area contributed by atoms with Gasteiger partial charge in [0.25, 0.3) is 5.91 Å². The molecule has 4 rings (SSSR count). The summed E-state index contributed by atoms with van der Waals surface area (Å²) in [6.07, 6.45) is 5.62. The van der Waals surface area contributed by atoms with E-state index < -0.39 is 0 Å². The third kappa shape index (κ3) is 4.74. The standard InChI is InChI=1S/C24H30N2O2/c27-24(26-16-8-12-22(26)18-25-14-6-7-15-25)19-28-23-13-5-4-11-21(23)17-20-9-2-1-3-10-20/h1-5,9-11,13,22H,6-8,12,14-19H2. The van der Waals surface area contributed by atoms with Crippen molar-refractivity contribution in [1.29, 1.82) is 0 Å². The molecule has 0 N–H and O–H groups in total. The molecule has 0 spiro atoms. The van der Waals surface area contributed by atoms with Crippen LogP contribution in [0.25, 0.3) is 0 Å². The van der Waals surface area contributed by atoms with Gasteiger partial charge >= 0.3 is 0 Å². The molecule has 2 aromatic carbocycles. The van der Waals surface area contributed by atoms with Gasteiger partial charge in [-0.25, -0.2) is 0 Å². The monoisotopic (exact) mass is 378 g/mol. The molecule has 0 radical (unpaired) electrons. The summed E-state index contributed by atoms with van der Waals surface area (Å²) in [5.74, 6) is 0.936. The Bertz CT molecular complexity index is 771. The van der Waals surface area contributed by atoms with Gasteiger partial charge < -0.3 is 14.5 Å². The minimum absolute atomic E-state index is 0.121. The van der Waals surface area contributed by atoms with Gasteiger partial charge in [0.15, 0.2) is 6.61 Å². The summed E-state index contributed by atoms with van der Waals surface area (Å²) in [5.41, 5.74) is 2.37. The van der Waals surface area contributed by atoms with Gasteiger partial charge in [0.1, 0.15) is 5.75 Å². The van der Waals surface area contributed by atoms with Crippen molar-refractivity contribution >= 4 is 5.91 Å². The number of likely N-dealkylation sites (tertiary alicyclic amines) is 2. The molecule has 0 saturated carbocycles. The number of carbonyl (C=O) groups excluding carboxylic acids is 1. The number of nitrogens with zero attached hydrogens (tertiary/aromatic N) is 2. The highest BCUT2D eigenvalue weighted by atomic mass is 16.5. The maximum Gasteiger partial charge on any atom is 0.260 e. The van der Waals surface area contributed by atoms with Gasteiger partial charge in [0, 0.05) is 25.6 Å². The van der Waals surface area contributed by atoms with Crippen molar-refractivity contribution in [2.24, 2.45) is 0 Å². The first-order chi connectivity index (χ1) is 13.8. The maximum absolute atomic E-state index is 12.9. The van der Waals surface area contributed by atoms with Crippen LogP contribution in [-0.2, 0) is 11.2 Å². The zero-order valence-corrected chi connectivity index (χ0v) is 16.6. The van der Waals surface area contributed by atoms with E-state index in [4.69, 9.17) is 4.74 Å². The van der Waals surface area contributed by atoms with Crippen LogP contribution in [0.3, 0.4) is 0 Å². The van der Waals surface area contributed by atoms with Gasteiger partial charge in [-0.05, 0) is 56.0 Å². The van der Waals surface area contributed by atoms with E-state index >= 15 is 0 Å². The predicted molar refractivity (Wildman–Crippen MR) is 112 cm³/mol. The van der Waals surface area contributed by atoms with E-state index in [0.717, 1.165) is 43.7 Å². The molecule has 0 aromatic heterocycles. The highest BCUT2D eigenvalue weighted by Crippen LogP contribution is 2.23. The molecule has 2 fully saturated rings. The lowest BCUT2D eigenvalue weighted by molar-refractivity contribution is -0.134. The maximum atomic E-state index is 12.9. The van der Waals surface area contributed by atoms with Crippen LogP contribution in [0.15, 0.2) is 54.6 Å². The first kappa shape index (κ1) is 19.0. The van der Waals surface area contributed by atoms with E-state index in [9.17, 15) is 4.79 Å². The van der Waals surface area contributed by atoms with Crippen molar-refractivity contribution in [2.45, 2.75) is 38.1 Å². The Kier molecular flexibility index (Phi) is 6.27. The zero-order valence-electron chi connectivity index (χ0n) is 16.6. The second-order valence-corrected chi connectivity index (χ2v) is 7.95. The first-order valence-corrected chi connectivity index (χ1v) is 10.6. The van der Waals surface area contributed by atoms with E-state index in [1.54, 1.807) is 0 Å². The molecule has 1 amide bonds. The lowest BCUT2D eigenvalue weighted by Crippen LogP contribution is -2.44. The molecule has 0 aliphatic carbocycles. The number of para-hydroxylation sites is 1. The number of carbonyl (C=O) groups is 1. The third-order valence-electron chi connectivity index (χ3n) is 5.93. The van der Waals surface area contributed by atoms with Crippen LogP contribution in [-0.4, -0.2) is 54.5 Å². The molecule has 148 valence electrons. The molecule has 2 saturated heterocycles. The number of hydrogen-bond donors (Lipinski definition) is 0. The van der Waals surface area contributed by atoms with Gasteiger partial charge in [0.05, 0.1) is 0 Å². The van der Waals surface area contributed by atoms with Crippen LogP contribution in [0.4, 0.5) is 0 Å². The normalized spacial score (nSPS) is 19.9. The largest absolute Gasteiger partial charge is 0.483 e. The van der Waals surface area contributed by atoms with Crippen molar-refractivity contribution in [3.8, 4) is 5.75 Å². The topological polar surface area (TPSA) is 32.8 Å². The fraction of sp³-hybridized carbons (Fsp3) is 0.458. The Labute approximate surface area is 168 Å². The van der Waals surface area contributed by atoms with E-state index in [2.05, 4.69) is 40.1 Å². The number of rotatable bonds is 7. The van der Waals surface area contributed by atoms with Crippen LogP contribution >= 0.6 is 0 Å². The average molecular weight is 379 g/mol. The molecule has 2 aliphatic rings. The fourth-order valence-electron chi connectivity index (χ4n) is 4.45. The van der Waals surface area contributed by atoms with Gasteiger partial charge in [-0.15, -0.1) is 0 Å². The van der Waals surface area contributed by atoms with E-state index in [-0.39, 0.29) is 12.5 Å². The molecule has 1 unspecified atom stereocenters. The predicted octanol–water partition coefficient (Wildman–Crippen LogP) is 3.74. The summed E-state index contributed by atoms with van der Waals surface area (Å²) >= 11 is 0. The Balaban J connectivity index is 1.35. The number of amides is 1. The molecule has 0 bridgehead atoms. The highest BCUT2D eigenvalue weighted by molar-refractivity contribution is 5.78. The van der Waals surface area contributed by atoms with Crippen LogP contribution in [0.5, 0.6) is 5.75 Å². The molecule has 1 atom stereocenters. The second-order valence-electron chi connectivity index (χ2n) is 7.95. The van der Waals surface area contributed by atoms with Crippen molar-refractivity contribution < 1.29 is 9.53 Å². The van der Waals surface area contributed by atoms with E-state index in [1.807, 2.05) is 24.3 Å². The summed E-state index contributed by atoms with van der Waals surface area (Å²) in [6.45, 7) is 4.38.